The summed E-state index contributed by atoms with van der Waals surface area (Å²) in [7, 11) is 2.88. The van der Waals surface area contributed by atoms with Crippen LogP contribution < -0.4 is 0 Å². The van der Waals surface area contributed by atoms with Crippen molar-refractivity contribution in [3.8, 4) is 0 Å². The second kappa shape index (κ2) is 9.03. The van der Waals surface area contributed by atoms with Crippen LogP contribution in [-0.2, 0) is 9.47 Å². The molecule has 0 unspecified atom stereocenters. The van der Waals surface area contributed by atoms with Gasteiger partial charge in [-0.25, -0.2) is 0 Å². The van der Waals surface area contributed by atoms with Crippen LogP contribution in [0.25, 0.3) is 0 Å². The van der Waals surface area contributed by atoms with E-state index in [1.165, 1.54) is 14.2 Å². The maximum Gasteiger partial charge on any atom is 0.222 e. The van der Waals surface area contributed by atoms with Crippen molar-refractivity contribution in [1.29, 1.82) is 0 Å². The maximum atomic E-state index is 11.6. The minimum Gasteiger partial charge on any atom is -0.349 e. The van der Waals surface area contributed by atoms with Crippen LogP contribution in [0.15, 0.2) is 66.7 Å². The Kier molecular flexibility index (Phi) is 7.17. The minimum absolute atomic E-state index is 0.161. The average Bonchev–Trinajstić information content (AvgIpc) is 2.51. The van der Waals surface area contributed by atoms with Gasteiger partial charge in [0.1, 0.15) is 0 Å². The van der Waals surface area contributed by atoms with Crippen molar-refractivity contribution in [1.82, 2.24) is 0 Å². The summed E-state index contributed by atoms with van der Waals surface area (Å²) < 4.78 is 9.69. The van der Waals surface area contributed by atoms with Crippen molar-refractivity contribution < 1.29 is 14.3 Å². The van der Waals surface area contributed by atoms with Gasteiger partial charge in [0.05, 0.1) is 0 Å². The number of ether oxygens (including phenoxy) is 2. The number of benzene rings is 2. The van der Waals surface area contributed by atoms with Crippen molar-refractivity contribution >= 4 is 5.78 Å². The number of methoxy groups -OCH3 is 2. The molecular formula is C16H18O3. The van der Waals surface area contributed by atoms with E-state index in [4.69, 9.17) is 9.47 Å². The molecule has 0 heterocycles. The summed E-state index contributed by atoms with van der Waals surface area (Å²) in [6, 6.07) is 20.9. The first-order valence-electron chi connectivity index (χ1n) is 5.94. The number of rotatable bonds is 4. The van der Waals surface area contributed by atoms with E-state index in [1.54, 1.807) is 24.3 Å². The fourth-order valence-electron chi connectivity index (χ4n) is 1.43. The molecule has 2 aromatic carbocycles. The molecule has 0 aliphatic heterocycles. The van der Waals surface area contributed by atoms with Gasteiger partial charge in [-0.3, -0.25) is 4.79 Å². The van der Waals surface area contributed by atoms with E-state index in [0.29, 0.717) is 5.56 Å². The van der Waals surface area contributed by atoms with Crippen LogP contribution in [0.1, 0.15) is 10.4 Å². The molecule has 0 radical (unpaired) electrons. The maximum absolute atomic E-state index is 11.6. The minimum atomic E-state index is -0.803. The number of Topliss-reactive ketones (excluding diaryl/α,β-unsaturated/α-hetero) is 1. The zero-order valence-electron chi connectivity index (χ0n) is 11.2. The molecule has 0 N–H and O–H groups in total. The fraction of sp³-hybridized carbons (Fsp3) is 0.188. The highest BCUT2D eigenvalue weighted by Crippen LogP contribution is 2.05. The van der Waals surface area contributed by atoms with Crippen molar-refractivity contribution in [2.24, 2.45) is 0 Å². The topological polar surface area (TPSA) is 35.5 Å². The lowest BCUT2D eigenvalue weighted by molar-refractivity contribution is -0.0742. The Bertz CT molecular complexity index is 423. The van der Waals surface area contributed by atoms with E-state index in [-0.39, 0.29) is 5.78 Å². The van der Waals surface area contributed by atoms with Crippen LogP contribution in [0.2, 0.25) is 0 Å². The quantitative estimate of drug-likeness (QED) is 0.624. The number of hydrogen-bond acceptors (Lipinski definition) is 3. The van der Waals surface area contributed by atoms with Gasteiger partial charge in [-0.1, -0.05) is 66.7 Å². The second-order valence-corrected chi connectivity index (χ2v) is 3.69. The first-order chi connectivity index (χ1) is 9.29. The van der Waals surface area contributed by atoms with Gasteiger partial charge in [0.25, 0.3) is 0 Å². The summed E-state index contributed by atoms with van der Waals surface area (Å²) in [5.74, 6) is -0.161. The molecule has 0 bridgehead atoms. The zero-order chi connectivity index (χ0) is 13.9. The monoisotopic (exact) mass is 258 g/mol. The highest BCUT2D eigenvalue weighted by Gasteiger charge is 2.17. The molecule has 2 aromatic rings. The molecule has 2 rings (SSSR count). The standard InChI is InChI=1S/C10H12O3.C6H6/c1-12-10(13-2)9(11)8-6-4-3-5-7-8;1-2-4-6-5-3-1/h3-7,10H,1-2H3;1-6H. The molecule has 100 valence electrons. The van der Waals surface area contributed by atoms with E-state index >= 15 is 0 Å². The number of hydrogen-bond donors (Lipinski definition) is 0. The number of carbonyl (C=O) groups excluding carboxylic acids is 1. The summed E-state index contributed by atoms with van der Waals surface area (Å²) in [6.45, 7) is 0. The lowest BCUT2D eigenvalue weighted by atomic mass is 10.1. The van der Waals surface area contributed by atoms with E-state index in [0.717, 1.165) is 0 Å². The van der Waals surface area contributed by atoms with Crippen LogP contribution >= 0.6 is 0 Å². The normalized spacial score (nSPS) is 9.63. The largest absolute Gasteiger partial charge is 0.349 e. The number of ketones is 1. The third-order valence-electron chi connectivity index (χ3n) is 2.37. The molecular weight excluding hydrogens is 240 g/mol. The van der Waals surface area contributed by atoms with Crippen molar-refractivity contribution in [3.63, 3.8) is 0 Å². The van der Waals surface area contributed by atoms with Crippen molar-refractivity contribution in [2.75, 3.05) is 14.2 Å². The molecule has 3 nitrogen and oxygen atoms in total. The highest BCUT2D eigenvalue weighted by molar-refractivity contribution is 5.98. The summed E-state index contributed by atoms with van der Waals surface area (Å²) in [5.41, 5.74) is 0.594. The predicted molar refractivity (Wildman–Crippen MR) is 75.0 cm³/mol. The summed E-state index contributed by atoms with van der Waals surface area (Å²) in [5, 5.41) is 0. The molecule has 0 aliphatic rings. The van der Waals surface area contributed by atoms with Crippen molar-refractivity contribution in [3.05, 3.63) is 72.3 Å². The number of carbonyl (C=O) groups is 1. The molecule has 0 saturated heterocycles. The summed E-state index contributed by atoms with van der Waals surface area (Å²) >= 11 is 0. The second-order valence-electron chi connectivity index (χ2n) is 3.69. The van der Waals surface area contributed by atoms with E-state index in [9.17, 15) is 4.79 Å². The molecule has 19 heavy (non-hydrogen) atoms. The Morgan fingerprint density at radius 3 is 1.53 bits per heavy atom. The molecule has 0 aliphatic carbocycles. The van der Waals surface area contributed by atoms with Crippen LogP contribution in [0.4, 0.5) is 0 Å². The molecule has 0 atom stereocenters. The first-order valence-corrected chi connectivity index (χ1v) is 5.94. The van der Waals surface area contributed by atoms with Gasteiger partial charge in [0.15, 0.2) is 0 Å². The van der Waals surface area contributed by atoms with E-state index in [2.05, 4.69) is 0 Å². The van der Waals surface area contributed by atoms with Gasteiger partial charge in [0.2, 0.25) is 12.1 Å². The summed E-state index contributed by atoms with van der Waals surface area (Å²) in [4.78, 5) is 11.6. The average molecular weight is 258 g/mol. The Labute approximate surface area is 113 Å². The van der Waals surface area contributed by atoms with Gasteiger partial charge in [-0.15, -0.1) is 0 Å². The molecule has 3 heteroatoms. The smallest absolute Gasteiger partial charge is 0.222 e. The zero-order valence-corrected chi connectivity index (χ0v) is 11.2. The highest BCUT2D eigenvalue weighted by atomic mass is 16.7. The molecule has 0 fully saturated rings. The molecule has 0 aromatic heterocycles. The molecule has 0 spiro atoms. The third-order valence-corrected chi connectivity index (χ3v) is 2.37. The third kappa shape index (κ3) is 5.46. The fourth-order valence-corrected chi connectivity index (χ4v) is 1.43. The van der Waals surface area contributed by atoms with Gasteiger partial charge in [0, 0.05) is 19.8 Å². The summed E-state index contributed by atoms with van der Waals surface area (Å²) in [6.07, 6.45) is -0.803. The van der Waals surface area contributed by atoms with E-state index in [1.807, 2.05) is 42.5 Å². The van der Waals surface area contributed by atoms with Gasteiger partial charge in [-0.05, 0) is 0 Å². The van der Waals surface area contributed by atoms with Crippen molar-refractivity contribution in [2.45, 2.75) is 6.29 Å². The van der Waals surface area contributed by atoms with Gasteiger partial charge in [-0.2, -0.15) is 0 Å². The Morgan fingerprint density at radius 2 is 1.16 bits per heavy atom. The Balaban J connectivity index is 0.000000250. The first kappa shape index (κ1) is 15.1. The van der Waals surface area contributed by atoms with Crippen LogP contribution in [0.3, 0.4) is 0 Å². The Morgan fingerprint density at radius 1 is 0.789 bits per heavy atom. The Hall–Kier alpha value is -1.97. The van der Waals surface area contributed by atoms with Gasteiger partial charge < -0.3 is 9.47 Å². The lowest BCUT2D eigenvalue weighted by Gasteiger charge is -2.11. The van der Waals surface area contributed by atoms with Crippen LogP contribution in [-0.4, -0.2) is 26.3 Å². The van der Waals surface area contributed by atoms with Crippen LogP contribution in [0, 0.1) is 0 Å². The molecule has 0 saturated carbocycles. The van der Waals surface area contributed by atoms with Gasteiger partial charge >= 0.3 is 0 Å². The van der Waals surface area contributed by atoms with Crippen LogP contribution in [0.5, 0.6) is 0 Å². The lowest BCUT2D eigenvalue weighted by Crippen LogP contribution is -2.24. The van der Waals surface area contributed by atoms with E-state index < -0.39 is 6.29 Å². The SMILES string of the molecule is COC(OC)C(=O)c1ccccc1.c1ccccc1. The molecule has 0 amide bonds. The predicted octanol–water partition coefficient (Wildman–Crippen LogP) is 3.17.